The van der Waals surface area contributed by atoms with Crippen molar-refractivity contribution in [2.45, 2.75) is 44.9 Å². The maximum absolute atomic E-state index is 13.5. The molecule has 2 saturated heterocycles. The Hall–Kier alpha value is -3.61. The SMILES string of the molecule is COc1cc(/C=C2\O[C@H](C)C3CC[C@H](c4ccc(F)cc4)N3C2=O)ccc1-n1cnc(C)c1. The van der Waals surface area contributed by atoms with Gasteiger partial charge in [0.2, 0.25) is 0 Å². The van der Waals surface area contributed by atoms with E-state index >= 15 is 0 Å². The zero-order valence-electron chi connectivity index (χ0n) is 18.9. The molecule has 3 aromatic rings. The van der Waals surface area contributed by atoms with Crippen LogP contribution in [0.15, 0.2) is 60.7 Å². The smallest absolute Gasteiger partial charge is 0.289 e. The van der Waals surface area contributed by atoms with Crippen LogP contribution in [0.2, 0.25) is 0 Å². The van der Waals surface area contributed by atoms with Crippen LogP contribution >= 0.6 is 0 Å². The highest BCUT2D eigenvalue weighted by Crippen LogP contribution is 2.42. The molecule has 7 heteroatoms. The summed E-state index contributed by atoms with van der Waals surface area (Å²) >= 11 is 0. The van der Waals surface area contributed by atoms with Crippen molar-refractivity contribution in [3.63, 3.8) is 0 Å². The number of ether oxygens (including phenoxy) is 2. The van der Waals surface area contributed by atoms with Crippen molar-refractivity contribution in [3.05, 3.63) is 83.4 Å². The third-order valence-corrected chi connectivity index (χ3v) is 6.48. The molecule has 6 nitrogen and oxygen atoms in total. The number of benzene rings is 2. The van der Waals surface area contributed by atoms with Crippen molar-refractivity contribution < 1.29 is 18.7 Å². The number of fused-ring (bicyclic) bond motifs is 1. The average molecular weight is 448 g/mol. The number of aryl methyl sites for hydroxylation is 1. The number of carbonyl (C=O) groups is 1. The van der Waals surface area contributed by atoms with Gasteiger partial charge in [-0.1, -0.05) is 18.2 Å². The Morgan fingerprint density at radius 1 is 1.18 bits per heavy atom. The maximum Gasteiger partial charge on any atom is 0.289 e. The van der Waals surface area contributed by atoms with Crippen LogP contribution in [0.4, 0.5) is 4.39 Å². The fourth-order valence-electron chi connectivity index (χ4n) is 4.86. The van der Waals surface area contributed by atoms with E-state index in [9.17, 15) is 9.18 Å². The molecule has 0 saturated carbocycles. The van der Waals surface area contributed by atoms with Gasteiger partial charge in [-0.3, -0.25) is 4.79 Å². The number of morpholine rings is 1. The third kappa shape index (κ3) is 3.88. The molecule has 0 spiro atoms. The molecule has 2 aromatic carbocycles. The molecule has 0 N–H and O–H groups in total. The Labute approximate surface area is 192 Å². The van der Waals surface area contributed by atoms with E-state index in [1.807, 2.05) is 47.7 Å². The highest BCUT2D eigenvalue weighted by molar-refractivity contribution is 5.97. The fourth-order valence-corrected chi connectivity index (χ4v) is 4.86. The summed E-state index contributed by atoms with van der Waals surface area (Å²) in [5.74, 6) is 0.555. The van der Waals surface area contributed by atoms with Gasteiger partial charge in [-0.25, -0.2) is 9.37 Å². The number of halogens is 1. The van der Waals surface area contributed by atoms with E-state index in [0.29, 0.717) is 11.5 Å². The molecule has 2 aliphatic heterocycles. The van der Waals surface area contributed by atoms with E-state index in [2.05, 4.69) is 4.98 Å². The second kappa shape index (κ2) is 8.39. The van der Waals surface area contributed by atoms with Crippen molar-refractivity contribution in [2.75, 3.05) is 7.11 Å². The van der Waals surface area contributed by atoms with E-state index in [4.69, 9.17) is 9.47 Å². The van der Waals surface area contributed by atoms with Crippen LogP contribution in [0.1, 0.15) is 42.6 Å². The molecular weight excluding hydrogens is 421 g/mol. The average Bonchev–Trinajstić information content (AvgIpc) is 3.45. The van der Waals surface area contributed by atoms with E-state index in [0.717, 1.165) is 35.3 Å². The minimum absolute atomic E-state index is 0.00564. The van der Waals surface area contributed by atoms with Gasteiger partial charge in [0.25, 0.3) is 5.91 Å². The van der Waals surface area contributed by atoms with Gasteiger partial charge < -0.3 is 18.9 Å². The normalized spacial score (nSPS) is 23.5. The largest absolute Gasteiger partial charge is 0.495 e. The van der Waals surface area contributed by atoms with Crippen LogP contribution in [-0.2, 0) is 9.53 Å². The van der Waals surface area contributed by atoms with Crippen molar-refractivity contribution in [1.29, 1.82) is 0 Å². The summed E-state index contributed by atoms with van der Waals surface area (Å²) in [6.07, 6.45) is 6.98. The molecule has 2 fully saturated rings. The third-order valence-electron chi connectivity index (χ3n) is 6.48. The zero-order valence-corrected chi connectivity index (χ0v) is 18.9. The fraction of sp³-hybridized carbons (Fsp3) is 0.308. The Kier molecular flexibility index (Phi) is 5.40. The Balaban J connectivity index is 1.46. The lowest BCUT2D eigenvalue weighted by atomic mass is 10.0. The first-order valence-electron chi connectivity index (χ1n) is 11.1. The zero-order chi connectivity index (χ0) is 23.1. The number of rotatable bonds is 4. The summed E-state index contributed by atoms with van der Waals surface area (Å²) in [5, 5.41) is 0. The van der Waals surface area contributed by atoms with Crippen LogP contribution in [0.5, 0.6) is 5.75 Å². The van der Waals surface area contributed by atoms with E-state index in [1.54, 1.807) is 31.6 Å². The number of methoxy groups -OCH3 is 1. The number of nitrogens with zero attached hydrogens (tertiary/aromatic N) is 3. The van der Waals surface area contributed by atoms with Crippen LogP contribution in [-0.4, -0.2) is 39.6 Å². The van der Waals surface area contributed by atoms with Crippen molar-refractivity contribution in [1.82, 2.24) is 14.5 Å². The molecule has 0 radical (unpaired) electrons. The summed E-state index contributed by atoms with van der Waals surface area (Å²) < 4.78 is 27.0. The number of amides is 1. The molecule has 0 aliphatic carbocycles. The van der Waals surface area contributed by atoms with Crippen LogP contribution in [0.25, 0.3) is 11.8 Å². The minimum atomic E-state index is -0.279. The van der Waals surface area contributed by atoms with Gasteiger partial charge in [-0.05, 0) is 68.2 Å². The molecule has 3 atom stereocenters. The Morgan fingerprint density at radius 2 is 1.97 bits per heavy atom. The molecule has 170 valence electrons. The molecule has 1 aromatic heterocycles. The Morgan fingerprint density at radius 3 is 2.67 bits per heavy atom. The van der Waals surface area contributed by atoms with Crippen LogP contribution in [0.3, 0.4) is 0 Å². The van der Waals surface area contributed by atoms with E-state index < -0.39 is 0 Å². The summed E-state index contributed by atoms with van der Waals surface area (Å²) in [7, 11) is 1.62. The molecule has 1 unspecified atom stereocenters. The molecule has 5 rings (SSSR count). The molecule has 33 heavy (non-hydrogen) atoms. The molecular formula is C26H26FN3O3. The lowest BCUT2D eigenvalue weighted by Gasteiger charge is -2.39. The topological polar surface area (TPSA) is 56.6 Å². The first-order valence-corrected chi connectivity index (χ1v) is 11.1. The number of aromatic nitrogens is 2. The summed E-state index contributed by atoms with van der Waals surface area (Å²) in [6.45, 7) is 3.93. The van der Waals surface area contributed by atoms with Crippen LogP contribution in [0, 0.1) is 12.7 Å². The van der Waals surface area contributed by atoms with Gasteiger partial charge in [0.05, 0.1) is 36.9 Å². The highest BCUT2D eigenvalue weighted by atomic mass is 19.1. The maximum atomic E-state index is 13.5. The summed E-state index contributed by atoms with van der Waals surface area (Å²) in [6, 6.07) is 12.1. The van der Waals surface area contributed by atoms with Gasteiger partial charge >= 0.3 is 0 Å². The van der Waals surface area contributed by atoms with Gasteiger partial charge in [0.1, 0.15) is 17.7 Å². The lowest BCUT2D eigenvalue weighted by Crippen LogP contribution is -2.49. The standard InChI is InChI=1S/C26H26FN3O3/c1-16-14-29(15-28-16)23-9-4-18(12-24(23)32-3)13-25-26(31)30-21(17(2)33-25)10-11-22(30)19-5-7-20(27)8-6-19/h4-9,12-15,17,21-22H,10-11H2,1-3H3/b25-13-/t17-,21?,22-/m1/s1. The number of hydrogen-bond acceptors (Lipinski definition) is 4. The van der Waals surface area contributed by atoms with Gasteiger partial charge in [0, 0.05) is 6.20 Å². The number of hydrogen-bond donors (Lipinski definition) is 0. The van der Waals surface area contributed by atoms with Crippen LogP contribution < -0.4 is 4.74 Å². The van der Waals surface area contributed by atoms with Gasteiger partial charge in [-0.2, -0.15) is 0 Å². The highest BCUT2D eigenvalue weighted by Gasteiger charge is 2.46. The predicted molar refractivity (Wildman–Crippen MR) is 122 cm³/mol. The quantitative estimate of drug-likeness (QED) is 0.538. The minimum Gasteiger partial charge on any atom is -0.495 e. The predicted octanol–water partition coefficient (Wildman–Crippen LogP) is 4.82. The second-order valence-electron chi connectivity index (χ2n) is 8.61. The van der Waals surface area contributed by atoms with Crippen molar-refractivity contribution in [3.8, 4) is 11.4 Å². The number of carbonyl (C=O) groups excluding carboxylic acids is 1. The summed E-state index contributed by atoms with van der Waals surface area (Å²) in [4.78, 5) is 19.7. The molecule has 3 heterocycles. The number of imidazole rings is 1. The van der Waals surface area contributed by atoms with Crippen molar-refractivity contribution >= 4 is 12.0 Å². The van der Waals surface area contributed by atoms with Crippen molar-refractivity contribution in [2.24, 2.45) is 0 Å². The van der Waals surface area contributed by atoms with Gasteiger partial charge in [0.15, 0.2) is 5.76 Å². The van der Waals surface area contributed by atoms with E-state index in [-0.39, 0.29) is 29.9 Å². The Bertz CT molecular complexity index is 1220. The second-order valence-corrected chi connectivity index (χ2v) is 8.61. The van der Waals surface area contributed by atoms with E-state index in [1.165, 1.54) is 12.1 Å². The molecule has 2 aliphatic rings. The molecule has 1 amide bonds. The first-order chi connectivity index (χ1) is 15.9. The monoisotopic (exact) mass is 447 g/mol. The molecule has 0 bridgehead atoms. The summed E-state index contributed by atoms with van der Waals surface area (Å²) in [5.41, 5.74) is 3.52. The lowest BCUT2D eigenvalue weighted by molar-refractivity contribution is -0.144. The van der Waals surface area contributed by atoms with Gasteiger partial charge in [-0.15, -0.1) is 0 Å². The first kappa shape index (κ1) is 21.2.